The molecule has 2 N–H and O–H groups in total. The fraction of sp³-hybridized carbons (Fsp3) is 0.462. The van der Waals surface area contributed by atoms with Crippen LogP contribution in [-0.4, -0.2) is 65.3 Å². The van der Waals surface area contributed by atoms with Gasteiger partial charge < -0.3 is 19.7 Å². The van der Waals surface area contributed by atoms with Gasteiger partial charge in [-0.2, -0.15) is 0 Å². The lowest BCUT2D eigenvalue weighted by Crippen LogP contribution is -2.25. The maximum atomic E-state index is 12.0. The molecule has 0 spiro atoms. The van der Waals surface area contributed by atoms with Crippen molar-refractivity contribution in [1.82, 2.24) is 19.9 Å². The molecule has 3 aromatic rings. The van der Waals surface area contributed by atoms with Gasteiger partial charge in [-0.3, -0.25) is 5.32 Å². The molecule has 9 nitrogen and oxygen atoms in total. The second kappa shape index (κ2) is 12.9. The zero-order valence-corrected chi connectivity index (χ0v) is 21.3. The number of hydrogen-bond acceptors (Lipinski definition) is 8. The highest BCUT2D eigenvalue weighted by Crippen LogP contribution is 2.27. The van der Waals surface area contributed by atoms with E-state index in [0.29, 0.717) is 22.7 Å². The van der Waals surface area contributed by atoms with Gasteiger partial charge in [0, 0.05) is 17.7 Å². The maximum absolute atomic E-state index is 12.0. The number of nitrogens with one attached hydrogen (secondary N) is 2. The monoisotopic (exact) mass is 480 g/mol. The summed E-state index contributed by atoms with van der Waals surface area (Å²) in [6.45, 7) is 11.7. The van der Waals surface area contributed by atoms with E-state index in [1.165, 1.54) is 0 Å². The van der Waals surface area contributed by atoms with Crippen molar-refractivity contribution in [3.63, 3.8) is 0 Å². The third-order valence-corrected chi connectivity index (χ3v) is 5.82. The standard InChI is InChI=1S/C26H36N6O3/c1-6-32(7-2)15-9-10-18(4)28-21-16-23(31-26(33)35-8-3)30-25-24(21)27-17-22(29-25)19-11-13-20(34-5)14-12-19/h11-14,16-18H,6-10,15H2,1-5H3,(H2,28,29,30,31,33). The van der Waals surface area contributed by atoms with Crippen molar-refractivity contribution in [3.8, 4) is 17.0 Å². The molecule has 0 aliphatic carbocycles. The number of carbonyl (C=O) groups is 1. The predicted molar refractivity (Wildman–Crippen MR) is 140 cm³/mol. The fourth-order valence-electron chi connectivity index (χ4n) is 3.84. The highest BCUT2D eigenvalue weighted by Gasteiger charge is 2.15. The van der Waals surface area contributed by atoms with Crippen LogP contribution in [0.15, 0.2) is 36.5 Å². The first-order valence-corrected chi connectivity index (χ1v) is 12.2. The number of benzene rings is 1. The van der Waals surface area contributed by atoms with Gasteiger partial charge in [-0.05, 0) is 70.6 Å². The number of aromatic nitrogens is 3. The van der Waals surface area contributed by atoms with Gasteiger partial charge in [-0.25, -0.2) is 19.7 Å². The summed E-state index contributed by atoms with van der Waals surface area (Å²) in [5.41, 5.74) is 3.42. The first kappa shape index (κ1) is 26.2. The van der Waals surface area contributed by atoms with Gasteiger partial charge >= 0.3 is 6.09 Å². The number of hydrogen-bond donors (Lipinski definition) is 2. The van der Waals surface area contributed by atoms with Crippen LogP contribution in [0, 0.1) is 0 Å². The molecule has 3 rings (SSSR count). The van der Waals surface area contributed by atoms with Crippen LogP contribution in [-0.2, 0) is 4.74 Å². The van der Waals surface area contributed by atoms with E-state index in [-0.39, 0.29) is 12.6 Å². The van der Waals surface area contributed by atoms with Gasteiger partial charge in [0.15, 0.2) is 5.65 Å². The van der Waals surface area contributed by atoms with Gasteiger partial charge in [0.25, 0.3) is 0 Å². The molecule has 2 heterocycles. The van der Waals surface area contributed by atoms with Gasteiger partial charge in [-0.1, -0.05) is 13.8 Å². The van der Waals surface area contributed by atoms with Crippen molar-refractivity contribution in [2.75, 3.05) is 44.0 Å². The van der Waals surface area contributed by atoms with Crippen LogP contribution in [0.5, 0.6) is 5.75 Å². The minimum atomic E-state index is -0.558. The predicted octanol–water partition coefficient (Wildman–Crippen LogP) is 5.19. The number of amides is 1. The highest BCUT2D eigenvalue weighted by molar-refractivity contribution is 5.92. The van der Waals surface area contributed by atoms with E-state index in [9.17, 15) is 4.79 Å². The summed E-state index contributed by atoms with van der Waals surface area (Å²) in [4.78, 5) is 28.4. The summed E-state index contributed by atoms with van der Waals surface area (Å²) in [6, 6.07) is 9.58. The minimum Gasteiger partial charge on any atom is -0.497 e. The number of anilines is 2. The Balaban J connectivity index is 1.88. The van der Waals surface area contributed by atoms with E-state index in [2.05, 4.69) is 46.3 Å². The summed E-state index contributed by atoms with van der Waals surface area (Å²) >= 11 is 0. The molecule has 0 aliphatic heterocycles. The maximum Gasteiger partial charge on any atom is 0.412 e. The second-order valence-corrected chi connectivity index (χ2v) is 8.27. The number of methoxy groups -OCH3 is 1. The van der Waals surface area contributed by atoms with Gasteiger partial charge in [-0.15, -0.1) is 0 Å². The molecule has 188 valence electrons. The van der Waals surface area contributed by atoms with Crippen molar-refractivity contribution in [1.29, 1.82) is 0 Å². The van der Waals surface area contributed by atoms with Crippen molar-refractivity contribution in [3.05, 3.63) is 36.5 Å². The van der Waals surface area contributed by atoms with Crippen molar-refractivity contribution >= 4 is 28.8 Å². The summed E-state index contributed by atoms with van der Waals surface area (Å²) in [5.74, 6) is 1.12. The van der Waals surface area contributed by atoms with E-state index in [1.807, 2.05) is 24.3 Å². The zero-order valence-electron chi connectivity index (χ0n) is 21.3. The Bertz CT molecular complexity index is 1100. The lowest BCUT2D eigenvalue weighted by Gasteiger charge is -2.21. The Hall–Kier alpha value is -3.46. The van der Waals surface area contributed by atoms with Gasteiger partial charge in [0.05, 0.1) is 31.3 Å². The Labute approximate surface area is 207 Å². The van der Waals surface area contributed by atoms with Crippen LogP contribution in [0.3, 0.4) is 0 Å². The quantitative estimate of drug-likeness (QED) is 0.365. The third kappa shape index (κ3) is 7.26. The molecule has 0 radical (unpaired) electrons. The SMILES string of the molecule is CCOC(=O)Nc1cc(NC(C)CCCN(CC)CC)c2ncc(-c3ccc(OC)cc3)nc2n1. The number of pyridine rings is 1. The molecule has 0 bridgehead atoms. The fourth-order valence-corrected chi connectivity index (χ4v) is 3.84. The molecule has 1 unspecified atom stereocenters. The number of nitrogens with zero attached hydrogens (tertiary/aromatic N) is 4. The Kier molecular flexibility index (Phi) is 9.60. The molecule has 35 heavy (non-hydrogen) atoms. The lowest BCUT2D eigenvalue weighted by atomic mass is 10.1. The van der Waals surface area contributed by atoms with Crippen LogP contribution in [0.4, 0.5) is 16.3 Å². The summed E-state index contributed by atoms with van der Waals surface area (Å²) in [6.07, 6.45) is 3.26. The number of rotatable bonds is 12. The van der Waals surface area contributed by atoms with Gasteiger partial charge in [0.2, 0.25) is 0 Å². The molecule has 1 atom stereocenters. The summed E-state index contributed by atoms with van der Waals surface area (Å²) in [5, 5.41) is 6.24. The second-order valence-electron chi connectivity index (χ2n) is 8.27. The molecule has 1 amide bonds. The Morgan fingerprint density at radius 3 is 2.51 bits per heavy atom. The first-order valence-electron chi connectivity index (χ1n) is 12.2. The average molecular weight is 481 g/mol. The summed E-state index contributed by atoms with van der Waals surface area (Å²) < 4.78 is 10.3. The van der Waals surface area contributed by atoms with Crippen LogP contribution in [0.25, 0.3) is 22.4 Å². The highest BCUT2D eigenvalue weighted by atomic mass is 16.5. The minimum absolute atomic E-state index is 0.203. The zero-order chi connectivity index (χ0) is 25.2. The van der Waals surface area contributed by atoms with Crippen LogP contribution in [0.1, 0.15) is 40.5 Å². The molecule has 0 saturated heterocycles. The van der Waals surface area contributed by atoms with Crippen molar-refractivity contribution < 1.29 is 14.3 Å². The lowest BCUT2D eigenvalue weighted by molar-refractivity contribution is 0.168. The largest absolute Gasteiger partial charge is 0.497 e. The van der Waals surface area contributed by atoms with Gasteiger partial charge in [0.1, 0.15) is 17.1 Å². The molecule has 0 saturated carbocycles. The molecular formula is C26H36N6O3. The number of ether oxygens (including phenoxy) is 2. The molecule has 0 fully saturated rings. The van der Waals surface area contributed by atoms with E-state index in [4.69, 9.17) is 14.5 Å². The first-order chi connectivity index (χ1) is 17.0. The Morgan fingerprint density at radius 2 is 1.86 bits per heavy atom. The number of fused-ring (bicyclic) bond motifs is 1. The number of carbonyl (C=O) groups excluding carboxylic acids is 1. The molecule has 9 heteroatoms. The van der Waals surface area contributed by atoms with Crippen LogP contribution in [0.2, 0.25) is 0 Å². The summed E-state index contributed by atoms with van der Waals surface area (Å²) in [7, 11) is 1.63. The van der Waals surface area contributed by atoms with E-state index < -0.39 is 6.09 Å². The third-order valence-electron chi connectivity index (χ3n) is 5.82. The van der Waals surface area contributed by atoms with Crippen LogP contribution < -0.4 is 15.4 Å². The molecule has 2 aromatic heterocycles. The van der Waals surface area contributed by atoms with E-state index in [0.717, 1.165) is 49.5 Å². The topological polar surface area (TPSA) is 102 Å². The smallest absolute Gasteiger partial charge is 0.412 e. The molecular weight excluding hydrogens is 444 g/mol. The average Bonchev–Trinajstić information content (AvgIpc) is 2.86. The van der Waals surface area contributed by atoms with E-state index in [1.54, 1.807) is 26.3 Å². The molecule has 0 aliphatic rings. The Morgan fingerprint density at radius 1 is 1.11 bits per heavy atom. The van der Waals surface area contributed by atoms with Crippen molar-refractivity contribution in [2.24, 2.45) is 0 Å². The van der Waals surface area contributed by atoms with Crippen LogP contribution >= 0.6 is 0 Å². The molecule has 1 aromatic carbocycles. The normalized spacial score (nSPS) is 11.9. The van der Waals surface area contributed by atoms with E-state index >= 15 is 0 Å². The van der Waals surface area contributed by atoms with Crippen molar-refractivity contribution in [2.45, 2.75) is 46.6 Å².